The van der Waals surface area contributed by atoms with Crippen molar-refractivity contribution in [2.45, 2.75) is 19.9 Å². The van der Waals surface area contributed by atoms with E-state index in [0.29, 0.717) is 18.3 Å². The molecule has 0 amide bonds. The molecule has 0 fully saturated rings. The van der Waals surface area contributed by atoms with Crippen LogP contribution in [0.5, 0.6) is 5.75 Å². The van der Waals surface area contributed by atoms with E-state index in [1.165, 1.54) is 5.56 Å². The normalized spacial score (nSPS) is 10.5. The number of ether oxygens (including phenoxy) is 1. The number of hydrogen-bond donors (Lipinski definition) is 2. The molecule has 0 aliphatic rings. The Hall–Kier alpha value is -2.40. The van der Waals surface area contributed by atoms with Gasteiger partial charge in [0.15, 0.2) is 5.11 Å². The predicted octanol–water partition coefficient (Wildman–Crippen LogP) is 3.47. The minimum absolute atomic E-state index is 0.489. The predicted molar refractivity (Wildman–Crippen MR) is 98.8 cm³/mol. The highest BCUT2D eigenvalue weighted by atomic mass is 32.1. The summed E-state index contributed by atoms with van der Waals surface area (Å²) in [6, 6.07) is 17.9. The lowest BCUT2D eigenvalue weighted by Gasteiger charge is -2.07. The van der Waals surface area contributed by atoms with Crippen LogP contribution < -0.4 is 15.5 Å². The van der Waals surface area contributed by atoms with Crippen LogP contribution in [0, 0.1) is 0 Å². The number of benzene rings is 2. The minimum atomic E-state index is 0.489. The van der Waals surface area contributed by atoms with Crippen LogP contribution in [0.4, 0.5) is 0 Å². The highest BCUT2D eigenvalue weighted by molar-refractivity contribution is 7.80. The summed E-state index contributed by atoms with van der Waals surface area (Å²) in [6.07, 6.45) is 2.70. The van der Waals surface area contributed by atoms with Crippen molar-refractivity contribution in [3.8, 4) is 5.75 Å². The second kappa shape index (κ2) is 9.58. The van der Waals surface area contributed by atoms with Crippen molar-refractivity contribution in [1.29, 1.82) is 0 Å². The molecule has 120 valence electrons. The fourth-order valence-electron chi connectivity index (χ4n) is 1.89. The SMILES string of the molecule is CCCOc1cccc(/C=N\NC(=S)NCc2ccccc2)c1. The van der Waals surface area contributed by atoms with Crippen molar-refractivity contribution in [1.82, 2.24) is 10.7 Å². The molecular formula is C18H21N3OS. The summed E-state index contributed by atoms with van der Waals surface area (Å²) in [7, 11) is 0. The first-order valence-electron chi connectivity index (χ1n) is 7.61. The monoisotopic (exact) mass is 327 g/mol. The fraction of sp³-hybridized carbons (Fsp3) is 0.222. The molecule has 0 aliphatic heterocycles. The van der Waals surface area contributed by atoms with E-state index in [9.17, 15) is 0 Å². The number of rotatable bonds is 7. The van der Waals surface area contributed by atoms with Crippen LogP contribution in [0.2, 0.25) is 0 Å². The number of thiocarbonyl (C=S) groups is 1. The van der Waals surface area contributed by atoms with Gasteiger partial charge in [-0.3, -0.25) is 5.43 Å². The summed E-state index contributed by atoms with van der Waals surface area (Å²) >= 11 is 5.19. The van der Waals surface area contributed by atoms with Gasteiger partial charge in [0.25, 0.3) is 0 Å². The highest BCUT2D eigenvalue weighted by Crippen LogP contribution is 2.12. The Kier molecular flexibility index (Phi) is 7.07. The molecule has 0 saturated heterocycles. The van der Waals surface area contributed by atoms with Gasteiger partial charge in [-0.05, 0) is 41.9 Å². The van der Waals surface area contributed by atoms with Crippen molar-refractivity contribution < 1.29 is 4.74 Å². The molecule has 0 atom stereocenters. The summed E-state index contributed by atoms with van der Waals surface area (Å²) in [5.41, 5.74) is 4.94. The molecule has 0 aromatic heterocycles. The molecule has 2 N–H and O–H groups in total. The smallest absolute Gasteiger partial charge is 0.187 e. The van der Waals surface area contributed by atoms with Crippen molar-refractivity contribution in [3.05, 3.63) is 65.7 Å². The summed E-state index contributed by atoms with van der Waals surface area (Å²) in [6.45, 7) is 3.47. The van der Waals surface area contributed by atoms with Gasteiger partial charge in [-0.15, -0.1) is 0 Å². The molecule has 2 rings (SSSR count). The molecule has 0 spiro atoms. The Morgan fingerprint density at radius 1 is 1.17 bits per heavy atom. The number of hydrogen-bond acceptors (Lipinski definition) is 3. The lowest BCUT2D eigenvalue weighted by atomic mass is 10.2. The summed E-state index contributed by atoms with van der Waals surface area (Å²) in [4.78, 5) is 0. The lowest BCUT2D eigenvalue weighted by Crippen LogP contribution is -2.31. The molecule has 0 aliphatic carbocycles. The van der Waals surface area contributed by atoms with Crippen LogP contribution in [0.25, 0.3) is 0 Å². The van der Waals surface area contributed by atoms with Gasteiger partial charge in [0.1, 0.15) is 5.75 Å². The van der Waals surface area contributed by atoms with E-state index in [1.54, 1.807) is 6.21 Å². The van der Waals surface area contributed by atoms with Crippen LogP contribution in [0.3, 0.4) is 0 Å². The van der Waals surface area contributed by atoms with Crippen molar-refractivity contribution >= 4 is 23.5 Å². The first-order chi connectivity index (χ1) is 11.3. The molecule has 5 heteroatoms. The maximum absolute atomic E-state index is 5.59. The molecule has 0 unspecified atom stereocenters. The van der Waals surface area contributed by atoms with Gasteiger partial charge in [-0.1, -0.05) is 49.4 Å². The van der Waals surface area contributed by atoms with E-state index in [-0.39, 0.29) is 0 Å². The zero-order valence-corrected chi connectivity index (χ0v) is 14.0. The highest BCUT2D eigenvalue weighted by Gasteiger charge is 1.96. The molecule has 2 aromatic rings. The van der Waals surface area contributed by atoms with Gasteiger partial charge < -0.3 is 10.1 Å². The average molecular weight is 327 g/mol. The van der Waals surface area contributed by atoms with Gasteiger partial charge >= 0.3 is 0 Å². The van der Waals surface area contributed by atoms with E-state index in [1.807, 2.05) is 54.6 Å². The Bertz CT molecular complexity index is 644. The Morgan fingerprint density at radius 3 is 2.78 bits per heavy atom. The average Bonchev–Trinajstić information content (AvgIpc) is 2.59. The van der Waals surface area contributed by atoms with Crippen LogP contribution in [-0.4, -0.2) is 17.9 Å². The zero-order chi connectivity index (χ0) is 16.3. The Balaban J connectivity index is 1.78. The van der Waals surface area contributed by atoms with Gasteiger partial charge in [-0.2, -0.15) is 5.10 Å². The van der Waals surface area contributed by atoms with Gasteiger partial charge in [-0.25, -0.2) is 0 Å². The van der Waals surface area contributed by atoms with Crippen LogP contribution >= 0.6 is 12.2 Å². The van der Waals surface area contributed by atoms with E-state index < -0.39 is 0 Å². The molecule has 4 nitrogen and oxygen atoms in total. The molecule has 0 heterocycles. The maximum Gasteiger partial charge on any atom is 0.187 e. The second-order valence-corrected chi connectivity index (χ2v) is 5.37. The molecule has 0 bridgehead atoms. The van der Waals surface area contributed by atoms with Crippen LogP contribution in [-0.2, 0) is 6.54 Å². The van der Waals surface area contributed by atoms with E-state index in [0.717, 1.165) is 17.7 Å². The third-order valence-corrected chi connectivity index (χ3v) is 3.24. The van der Waals surface area contributed by atoms with Crippen molar-refractivity contribution in [2.24, 2.45) is 5.10 Å². The molecule has 2 aromatic carbocycles. The van der Waals surface area contributed by atoms with E-state index in [2.05, 4.69) is 22.8 Å². The van der Waals surface area contributed by atoms with Gasteiger partial charge in [0, 0.05) is 6.54 Å². The van der Waals surface area contributed by atoms with E-state index in [4.69, 9.17) is 17.0 Å². The van der Waals surface area contributed by atoms with Crippen LogP contribution in [0.15, 0.2) is 59.7 Å². The first-order valence-corrected chi connectivity index (χ1v) is 8.02. The Morgan fingerprint density at radius 2 is 2.00 bits per heavy atom. The van der Waals surface area contributed by atoms with Gasteiger partial charge in [0.05, 0.1) is 12.8 Å². The fourth-order valence-corrected chi connectivity index (χ4v) is 2.01. The molecule has 0 saturated carbocycles. The van der Waals surface area contributed by atoms with Gasteiger partial charge in [0.2, 0.25) is 0 Å². The minimum Gasteiger partial charge on any atom is -0.494 e. The van der Waals surface area contributed by atoms with Crippen molar-refractivity contribution in [3.63, 3.8) is 0 Å². The quantitative estimate of drug-likeness (QED) is 0.464. The summed E-state index contributed by atoms with van der Waals surface area (Å²) < 4.78 is 5.59. The number of nitrogens with one attached hydrogen (secondary N) is 2. The molecule has 23 heavy (non-hydrogen) atoms. The third-order valence-electron chi connectivity index (χ3n) is 3.01. The molecule has 0 radical (unpaired) electrons. The van der Waals surface area contributed by atoms with E-state index >= 15 is 0 Å². The standard InChI is InChI=1S/C18H21N3OS/c1-2-11-22-17-10-6-9-16(12-17)14-20-21-18(23)19-13-15-7-4-3-5-8-15/h3-10,12,14H,2,11,13H2,1H3,(H2,19,21,23)/b20-14-. The van der Waals surface area contributed by atoms with Crippen LogP contribution in [0.1, 0.15) is 24.5 Å². The number of nitrogens with zero attached hydrogens (tertiary/aromatic N) is 1. The topological polar surface area (TPSA) is 45.6 Å². The maximum atomic E-state index is 5.59. The zero-order valence-electron chi connectivity index (χ0n) is 13.2. The largest absolute Gasteiger partial charge is 0.494 e. The first kappa shape index (κ1) is 17.0. The second-order valence-electron chi connectivity index (χ2n) is 4.96. The lowest BCUT2D eigenvalue weighted by molar-refractivity contribution is 0.317. The molecular weight excluding hydrogens is 306 g/mol. The summed E-state index contributed by atoms with van der Waals surface area (Å²) in [5.74, 6) is 0.848. The third kappa shape index (κ3) is 6.48. The Labute approximate surface area is 142 Å². The number of hydrazone groups is 1. The van der Waals surface area contributed by atoms with Crippen molar-refractivity contribution in [2.75, 3.05) is 6.61 Å². The summed E-state index contributed by atoms with van der Waals surface area (Å²) in [5, 5.41) is 7.74.